The molecule has 1 aromatic carbocycles. The molecule has 3 nitrogen and oxygen atoms in total. The van der Waals surface area contributed by atoms with Gasteiger partial charge in [0.1, 0.15) is 5.82 Å². The summed E-state index contributed by atoms with van der Waals surface area (Å²) in [5.74, 6) is 2.54. The van der Waals surface area contributed by atoms with Gasteiger partial charge >= 0.3 is 0 Å². The second-order valence-electron chi connectivity index (χ2n) is 6.65. The van der Waals surface area contributed by atoms with E-state index >= 15 is 0 Å². The van der Waals surface area contributed by atoms with Gasteiger partial charge in [-0.05, 0) is 36.5 Å². The van der Waals surface area contributed by atoms with Gasteiger partial charge in [0.15, 0.2) is 0 Å². The van der Waals surface area contributed by atoms with Gasteiger partial charge in [0.25, 0.3) is 0 Å². The lowest BCUT2D eigenvalue weighted by Crippen LogP contribution is -2.24. The number of fused-ring (bicyclic) bond motifs is 1. The maximum absolute atomic E-state index is 4.96. The third-order valence-corrected chi connectivity index (χ3v) is 4.65. The molecule has 0 amide bonds. The highest BCUT2D eigenvalue weighted by Gasteiger charge is 2.32. The Morgan fingerprint density at radius 2 is 2.14 bits per heavy atom. The normalized spacial score (nSPS) is 18.0. The van der Waals surface area contributed by atoms with Crippen LogP contribution in [0.5, 0.6) is 0 Å². The number of imidazole rings is 1. The highest BCUT2D eigenvalue weighted by molar-refractivity contribution is 5.43. The van der Waals surface area contributed by atoms with Gasteiger partial charge in [-0.15, -0.1) is 0 Å². The monoisotopic (exact) mass is 281 g/mol. The van der Waals surface area contributed by atoms with E-state index < -0.39 is 0 Å². The minimum atomic E-state index is 0.565. The second-order valence-corrected chi connectivity index (χ2v) is 6.65. The first kappa shape index (κ1) is 13.1. The van der Waals surface area contributed by atoms with E-state index in [1.54, 1.807) is 0 Å². The molecule has 0 unspecified atom stereocenters. The Bertz CT molecular complexity index is 665. The SMILES string of the molecule is CC(C)c1cccc(-n2c(C3CC3)nc3c2CCNC3)c1. The molecule has 0 saturated heterocycles. The summed E-state index contributed by atoms with van der Waals surface area (Å²) in [6.45, 7) is 6.50. The van der Waals surface area contributed by atoms with Crippen molar-refractivity contribution in [3.8, 4) is 5.69 Å². The molecule has 1 aliphatic carbocycles. The van der Waals surface area contributed by atoms with Crippen molar-refractivity contribution < 1.29 is 0 Å². The number of aromatic nitrogens is 2. The zero-order valence-corrected chi connectivity index (χ0v) is 12.9. The lowest BCUT2D eigenvalue weighted by molar-refractivity contribution is 0.619. The lowest BCUT2D eigenvalue weighted by atomic mass is 10.0. The van der Waals surface area contributed by atoms with Crippen LogP contribution in [0.4, 0.5) is 0 Å². The molecule has 0 atom stereocenters. The van der Waals surface area contributed by atoms with Crippen molar-refractivity contribution in [2.24, 2.45) is 0 Å². The summed E-state index contributed by atoms with van der Waals surface area (Å²) in [4.78, 5) is 4.96. The van der Waals surface area contributed by atoms with Crippen LogP contribution < -0.4 is 5.32 Å². The number of hydrogen-bond acceptors (Lipinski definition) is 2. The van der Waals surface area contributed by atoms with Gasteiger partial charge in [0, 0.05) is 36.8 Å². The Labute approximate surface area is 126 Å². The fourth-order valence-corrected chi connectivity index (χ4v) is 3.26. The molecule has 1 fully saturated rings. The van der Waals surface area contributed by atoms with Crippen LogP contribution in [0.1, 0.15) is 61.3 Å². The van der Waals surface area contributed by atoms with E-state index in [0.717, 1.165) is 19.5 Å². The maximum atomic E-state index is 4.96. The number of hydrogen-bond donors (Lipinski definition) is 1. The van der Waals surface area contributed by atoms with Crippen LogP contribution in [-0.2, 0) is 13.0 Å². The number of rotatable bonds is 3. The molecule has 1 N–H and O–H groups in total. The van der Waals surface area contributed by atoms with Gasteiger partial charge in [0.05, 0.1) is 5.69 Å². The fraction of sp³-hybridized carbons (Fsp3) is 0.500. The zero-order valence-electron chi connectivity index (χ0n) is 12.9. The Kier molecular flexibility index (Phi) is 3.11. The van der Waals surface area contributed by atoms with Crippen LogP contribution in [-0.4, -0.2) is 16.1 Å². The molecule has 0 spiro atoms. The van der Waals surface area contributed by atoms with Crippen LogP contribution >= 0.6 is 0 Å². The predicted molar refractivity (Wildman–Crippen MR) is 85.0 cm³/mol. The van der Waals surface area contributed by atoms with Gasteiger partial charge in [-0.3, -0.25) is 0 Å². The van der Waals surface area contributed by atoms with E-state index in [1.165, 1.54) is 41.3 Å². The van der Waals surface area contributed by atoms with Crippen molar-refractivity contribution in [3.63, 3.8) is 0 Å². The molecule has 21 heavy (non-hydrogen) atoms. The molecule has 1 aliphatic heterocycles. The molecule has 1 aromatic heterocycles. The van der Waals surface area contributed by atoms with Crippen LogP contribution in [0, 0.1) is 0 Å². The summed E-state index contributed by atoms with van der Waals surface area (Å²) in [6.07, 6.45) is 3.68. The van der Waals surface area contributed by atoms with Crippen molar-refractivity contribution in [2.45, 2.75) is 51.5 Å². The number of nitrogens with one attached hydrogen (secondary N) is 1. The molecule has 3 heteroatoms. The Hall–Kier alpha value is -1.61. The quantitative estimate of drug-likeness (QED) is 0.933. The summed E-state index contributed by atoms with van der Waals surface area (Å²) in [6, 6.07) is 9.01. The molecule has 110 valence electrons. The molecule has 2 heterocycles. The highest BCUT2D eigenvalue weighted by Crippen LogP contribution is 2.41. The van der Waals surface area contributed by atoms with Crippen LogP contribution in [0.3, 0.4) is 0 Å². The third kappa shape index (κ3) is 2.30. The van der Waals surface area contributed by atoms with Crippen molar-refractivity contribution in [3.05, 3.63) is 47.0 Å². The van der Waals surface area contributed by atoms with E-state index in [2.05, 4.69) is 48.0 Å². The Morgan fingerprint density at radius 1 is 1.29 bits per heavy atom. The van der Waals surface area contributed by atoms with E-state index in [0.29, 0.717) is 11.8 Å². The predicted octanol–water partition coefficient (Wildman–Crippen LogP) is 3.52. The molecule has 2 aliphatic rings. The van der Waals surface area contributed by atoms with Crippen molar-refractivity contribution in [2.75, 3.05) is 6.54 Å². The van der Waals surface area contributed by atoms with Gasteiger partial charge in [-0.25, -0.2) is 4.98 Å². The zero-order chi connectivity index (χ0) is 14.4. The van der Waals surface area contributed by atoms with E-state index in [9.17, 15) is 0 Å². The van der Waals surface area contributed by atoms with E-state index in [-0.39, 0.29) is 0 Å². The van der Waals surface area contributed by atoms with Crippen molar-refractivity contribution in [1.29, 1.82) is 0 Å². The van der Waals surface area contributed by atoms with Gasteiger partial charge in [0.2, 0.25) is 0 Å². The maximum Gasteiger partial charge on any atom is 0.116 e. The number of benzene rings is 1. The van der Waals surface area contributed by atoms with Gasteiger partial charge < -0.3 is 9.88 Å². The molecule has 1 saturated carbocycles. The minimum Gasteiger partial charge on any atom is -0.311 e. The van der Waals surface area contributed by atoms with Crippen LogP contribution in [0.15, 0.2) is 24.3 Å². The van der Waals surface area contributed by atoms with Crippen molar-refractivity contribution >= 4 is 0 Å². The third-order valence-electron chi connectivity index (χ3n) is 4.65. The topological polar surface area (TPSA) is 29.9 Å². The van der Waals surface area contributed by atoms with Crippen LogP contribution in [0.2, 0.25) is 0 Å². The standard InChI is InChI=1S/C18H23N3/c1-12(2)14-4-3-5-15(10-14)21-17-8-9-19-11-16(17)20-18(21)13-6-7-13/h3-5,10,12-13,19H,6-9,11H2,1-2H3. The molecule has 2 aromatic rings. The first-order chi connectivity index (χ1) is 10.2. The largest absolute Gasteiger partial charge is 0.311 e. The highest BCUT2D eigenvalue weighted by atomic mass is 15.1. The second kappa shape index (κ2) is 4.99. The van der Waals surface area contributed by atoms with E-state index in [4.69, 9.17) is 4.98 Å². The molecular weight excluding hydrogens is 258 g/mol. The summed E-state index contributed by atoms with van der Waals surface area (Å²) >= 11 is 0. The Balaban J connectivity index is 1.86. The first-order valence-corrected chi connectivity index (χ1v) is 8.15. The summed E-state index contributed by atoms with van der Waals surface area (Å²) in [5.41, 5.74) is 5.40. The lowest BCUT2D eigenvalue weighted by Gasteiger charge is -2.17. The molecule has 0 radical (unpaired) electrons. The molecule has 0 bridgehead atoms. The minimum absolute atomic E-state index is 0.565. The summed E-state index contributed by atoms with van der Waals surface area (Å²) in [5, 5.41) is 3.45. The van der Waals surface area contributed by atoms with Gasteiger partial charge in [-0.1, -0.05) is 26.0 Å². The first-order valence-electron chi connectivity index (χ1n) is 8.15. The molecular formula is C18H23N3. The summed E-state index contributed by atoms with van der Waals surface area (Å²) in [7, 11) is 0. The Morgan fingerprint density at radius 3 is 2.90 bits per heavy atom. The fourth-order valence-electron chi connectivity index (χ4n) is 3.26. The molecule has 4 rings (SSSR count). The van der Waals surface area contributed by atoms with Crippen LogP contribution in [0.25, 0.3) is 5.69 Å². The number of nitrogens with zero attached hydrogens (tertiary/aromatic N) is 2. The van der Waals surface area contributed by atoms with E-state index in [1.807, 2.05) is 0 Å². The summed E-state index contributed by atoms with van der Waals surface area (Å²) < 4.78 is 2.46. The average molecular weight is 281 g/mol. The van der Waals surface area contributed by atoms with Crippen molar-refractivity contribution in [1.82, 2.24) is 14.9 Å². The average Bonchev–Trinajstić information content (AvgIpc) is 3.27. The van der Waals surface area contributed by atoms with Gasteiger partial charge in [-0.2, -0.15) is 0 Å². The smallest absolute Gasteiger partial charge is 0.116 e.